The molecule has 0 radical (unpaired) electrons. The van der Waals surface area contributed by atoms with Crippen LogP contribution in [0.3, 0.4) is 0 Å². The first-order chi connectivity index (χ1) is 7.01. The first-order valence-corrected chi connectivity index (χ1v) is 5.94. The van der Waals surface area contributed by atoms with Gasteiger partial charge in [-0.3, -0.25) is 0 Å². The van der Waals surface area contributed by atoms with Gasteiger partial charge >= 0.3 is 0 Å². The van der Waals surface area contributed by atoms with Gasteiger partial charge < -0.3 is 5.11 Å². The second-order valence-electron chi connectivity index (χ2n) is 4.58. The van der Waals surface area contributed by atoms with E-state index in [-0.39, 0.29) is 17.3 Å². The van der Waals surface area contributed by atoms with Crippen LogP contribution in [0.15, 0.2) is 22.7 Å². The van der Waals surface area contributed by atoms with Gasteiger partial charge in [-0.25, -0.2) is 4.39 Å². The molecule has 2 rings (SSSR count). The Bertz CT molecular complexity index is 380. The van der Waals surface area contributed by atoms with Gasteiger partial charge in [0.1, 0.15) is 5.82 Å². The number of aliphatic hydroxyl groups excluding tert-OH is 1. The molecule has 2 unspecified atom stereocenters. The molecular formula is C12H14BrFO. The molecule has 0 heterocycles. The smallest absolute Gasteiger partial charge is 0.127 e. The molecule has 0 saturated heterocycles. The van der Waals surface area contributed by atoms with E-state index in [9.17, 15) is 9.50 Å². The van der Waals surface area contributed by atoms with Crippen molar-refractivity contribution in [1.29, 1.82) is 0 Å². The highest BCUT2D eigenvalue weighted by Gasteiger charge is 2.37. The molecule has 1 aliphatic rings. The van der Waals surface area contributed by atoms with E-state index in [4.69, 9.17) is 0 Å². The normalized spacial score (nSPS) is 30.8. The van der Waals surface area contributed by atoms with Gasteiger partial charge in [0.05, 0.1) is 6.10 Å². The highest BCUT2D eigenvalue weighted by atomic mass is 79.9. The second kappa shape index (κ2) is 3.87. The van der Waals surface area contributed by atoms with Crippen LogP contribution in [0.1, 0.15) is 31.7 Å². The summed E-state index contributed by atoms with van der Waals surface area (Å²) in [4.78, 5) is 0. The van der Waals surface area contributed by atoms with E-state index >= 15 is 0 Å². The van der Waals surface area contributed by atoms with E-state index in [2.05, 4.69) is 15.9 Å². The molecule has 0 bridgehead atoms. The van der Waals surface area contributed by atoms with Gasteiger partial charge in [0.2, 0.25) is 0 Å². The molecule has 0 aromatic heterocycles. The standard InChI is InChI=1S/C12H14BrFO/c1-12(5-4-9(15)7-12)10-6-8(13)2-3-11(10)14/h2-3,6,9,15H,4-5,7H2,1H3. The molecule has 1 aromatic carbocycles. The maximum atomic E-state index is 13.7. The number of benzene rings is 1. The lowest BCUT2D eigenvalue weighted by atomic mass is 9.80. The van der Waals surface area contributed by atoms with Crippen LogP contribution < -0.4 is 0 Å². The minimum Gasteiger partial charge on any atom is -0.393 e. The Morgan fingerprint density at radius 3 is 2.87 bits per heavy atom. The second-order valence-corrected chi connectivity index (χ2v) is 5.50. The third kappa shape index (κ3) is 2.08. The third-order valence-electron chi connectivity index (χ3n) is 3.29. The van der Waals surface area contributed by atoms with Gasteiger partial charge in [-0.1, -0.05) is 22.9 Å². The zero-order valence-corrected chi connectivity index (χ0v) is 10.2. The minimum atomic E-state index is -0.284. The van der Waals surface area contributed by atoms with Crippen molar-refractivity contribution >= 4 is 15.9 Å². The Balaban J connectivity index is 2.40. The fraction of sp³-hybridized carbons (Fsp3) is 0.500. The number of hydrogen-bond acceptors (Lipinski definition) is 1. The molecule has 1 saturated carbocycles. The van der Waals surface area contributed by atoms with E-state index in [1.807, 2.05) is 13.0 Å². The monoisotopic (exact) mass is 272 g/mol. The summed E-state index contributed by atoms with van der Waals surface area (Å²) in [5, 5.41) is 9.55. The van der Waals surface area contributed by atoms with Crippen molar-refractivity contribution in [2.45, 2.75) is 37.7 Å². The van der Waals surface area contributed by atoms with Gasteiger partial charge in [0.15, 0.2) is 0 Å². The van der Waals surface area contributed by atoms with Crippen molar-refractivity contribution in [1.82, 2.24) is 0 Å². The predicted octanol–water partition coefficient (Wildman–Crippen LogP) is 3.39. The van der Waals surface area contributed by atoms with E-state index in [0.717, 1.165) is 17.3 Å². The molecule has 0 aliphatic heterocycles. The summed E-state index contributed by atoms with van der Waals surface area (Å²) in [7, 11) is 0. The van der Waals surface area contributed by atoms with Crippen LogP contribution in [0.4, 0.5) is 4.39 Å². The Morgan fingerprint density at radius 2 is 2.27 bits per heavy atom. The molecule has 1 aromatic rings. The van der Waals surface area contributed by atoms with E-state index in [1.54, 1.807) is 6.07 Å². The van der Waals surface area contributed by atoms with Gasteiger partial charge in [-0.15, -0.1) is 0 Å². The Labute approximate surface area is 97.4 Å². The van der Waals surface area contributed by atoms with Crippen molar-refractivity contribution in [2.24, 2.45) is 0 Å². The van der Waals surface area contributed by atoms with Crippen LogP contribution in [0.25, 0.3) is 0 Å². The number of hydrogen-bond donors (Lipinski definition) is 1. The fourth-order valence-electron chi connectivity index (χ4n) is 2.41. The lowest BCUT2D eigenvalue weighted by Crippen LogP contribution is -2.20. The summed E-state index contributed by atoms with van der Waals surface area (Å²) in [5.41, 5.74) is 0.501. The lowest BCUT2D eigenvalue weighted by Gasteiger charge is -2.25. The molecule has 0 spiro atoms. The summed E-state index contributed by atoms with van der Waals surface area (Å²) in [6, 6.07) is 5.01. The molecule has 1 N–H and O–H groups in total. The van der Waals surface area contributed by atoms with Crippen LogP contribution in [-0.2, 0) is 5.41 Å². The Morgan fingerprint density at radius 1 is 1.53 bits per heavy atom. The Kier molecular flexibility index (Phi) is 2.86. The maximum Gasteiger partial charge on any atom is 0.127 e. The molecule has 0 amide bonds. The van der Waals surface area contributed by atoms with Crippen molar-refractivity contribution in [2.75, 3.05) is 0 Å². The molecule has 1 aliphatic carbocycles. The first kappa shape index (κ1) is 11.1. The number of rotatable bonds is 1. The molecule has 15 heavy (non-hydrogen) atoms. The average Bonchev–Trinajstić information content (AvgIpc) is 2.52. The van der Waals surface area contributed by atoms with Gasteiger partial charge in [0.25, 0.3) is 0 Å². The molecule has 82 valence electrons. The molecule has 2 atom stereocenters. The van der Waals surface area contributed by atoms with Crippen LogP contribution >= 0.6 is 15.9 Å². The van der Waals surface area contributed by atoms with Crippen molar-refractivity contribution in [3.8, 4) is 0 Å². The minimum absolute atomic E-state index is 0.171. The topological polar surface area (TPSA) is 20.2 Å². The molecule has 1 nitrogen and oxygen atoms in total. The van der Waals surface area contributed by atoms with Crippen molar-refractivity contribution in [3.63, 3.8) is 0 Å². The number of halogens is 2. The van der Waals surface area contributed by atoms with Crippen LogP contribution in [-0.4, -0.2) is 11.2 Å². The van der Waals surface area contributed by atoms with Crippen LogP contribution in [0, 0.1) is 5.82 Å². The highest BCUT2D eigenvalue weighted by Crippen LogP contribution is 2.42. The number of aliphatic hydroxyl groups is 1. The van der Waals surface area contributed by atoms with Crippen LogP contribution in [0.5, 0.6) is 0 Å². The SMILES string of the molecule is CC1(c2cc(Br)ccc2F)CCC(O)C1. The summed E-state index contributed by atoms with van der Waals surface area (Å²) in [5.74, 6) is -0.171. The lowest BCUT2D eigenvalue weighted by molar-refractivity contribution is 0.175. The predicted molar refractivity (Wildman–Crippen MR) is 61.3 cm³/mol. The molecule has 1 fully saturated rings. The third-order valence-corrected chi connectivity index (χ3v) is 3.79. The Hall–Kier alpha value is -0.410. The van der Waals surface area contributed by atoms with Crippen molar-refractivity contribution < 1.29 is 9.50 Å². The van der Waals surface area contributed by atoms with Gasteiger partial charge in [0, 0.05) is 4.47 Å². The fourth-order valence-corrected chi connectivity index (χ4v) is 2.78. The maximum absolute atomic E-state index is 13.7. The van der Waals surface area contributed by atoms with Crippen molar-refractivity contribution in [3.05, 3.63) is 34.1 Å². The molecular weight excluding hydrogens is 259 g/mol. The van der Waals surface area contributed by atoms with E-state index in [0.29, 0.717) is 12.0 Å². The van der Waals surface area contributed by atoms with Crippen LogP contribution in [0.2, 0.25) is 0 Å². The summed E-state index contributed by atoms with van der Waals surface area (Å²) >= 11 is 3.35. The summed E-state index contributed by atoms with van der Waals surface area (Å²) < 4.78 is 14.6. The summed E-state index contributed by atoms with van der Waals surface area (Å²) in [6.45, 7) is 2.02. The van der Waals surface area contributed by atoms with Gasteiger partial charge in [-0.05, 0) is 48.4 Å². The zero-order chi connectivity index (χ0) is 11.1. The highest BCUT2D eigenvalue weighted by molar-refractivity contribution is 9.10. The zero-order valence-electron chi connectivity index (χ0n) is 8.63. The quantitative estimate of drug-likeness (QED) is 0.831. The van der Waals surface area contributed by atoms with Gasteiger partial charge in [-0.2, -0.15) is 0 Å². The summed E-state index contributed by atoms with van der Waals surface area (Å²) in [6.07, 6.45) is 1.98. The molecule has 3 heteroatoms. The average molecular weight is 273 g/mol. The van der Waals surface area contributed by atoms with E-state index < -0.39 is 0 Å². The first-order valence-electron chi connectivity index (χ1n) is 5.15. The van der Waals surface area contributed by atoms with E-state index in [1.165, 1.54) is 6.07 Å². The largest absolute Gasteiger partial charge is 0.393 e.